The fourth-order valence-electron chi connectivity index (χ4n) is 2.51. The molecule has 2 aromatic carbocycles. The van der Waals surface area contributed by atoms with E-state index in [-0.39, 0.29) is 11.1 Å². The molecule has 22 heavy (non-hydrogen) atoms. The number of carbonyl (C=O) groups excluding carboxylic acids is 1. The summed E-state index contributed by atoms with van der Waals surface area (Å²) in [7, 11) is 0. The van der Waals surface area contributed by atoms with Crippen molar-refractivity contribution in [3.63, 3.8) is 0 Å². The van der Waals surface area contributed by atoms with E-state index in [0.29, 0.717) is 17.4 Å². The van der Waals surface area contributed by atoms with Crippen molar-refractivity contribution in [2.45, 2.75) is 5.79 Å². The van der Waals surface area contributed by atoms with Crippen LogP contribution in [0.1, 0.15) is 21.5 Å². The molecule has 1 unspecified atom stereocenters. The lowest BCUT2D eigenvalue weighted by molar-refractivity contribution is 0.111. The van der Waals surface area contributed by atoms with Crippen LogP contribution in [-0.2, 0) is 5.79 Å². The number of carbonyl (C=O) groups is 1. The predicted octanol–water partition coefficient (Wildman–Crippen LogP) is 3.96. The molecule has 0 radical (unpaired) electrons. The topological polar surface area (TPSA) is 29.1 Å². The van der Waals surface area contributed by atoms with Gasteiger partial charge in [0.05, 0.1) is 0 Å². The minimum atomic E-state index is -2.07. The van der Waals surface area contributed by atoms with Crippen molar-refractivity contribution >= 4 is 11.9 Å². The van der Waals surface area contributed by atoms with Gasteiger partial charge in [0.25, 0.3) is 0 Å². The van der Waals surface area contributed by atoms with Crippen LogP contribution in [0.4, 0.5) is 8.78 Å². The maximum Gasteiger partial charge on any atom is 0.226 e. The third-order valence-electron chi connectivity index (χ3n) is 3.58. The van der Waals surface area contributed by atoms with E-state index in [9.17, 15) is 9.18 Å². The van der Waals surface area contributed by atoms with Crippen LogP contribution in [0, 0.1) is 5.82 Å². The largest absolute Gasteiger partial charge is 0.353 e. The maximum atomic E-state index is 15.3. The lowest BCUT2D eigenvalue weighted by atomic mass is 9.92. The van der Waals surface area contributed by atoms with Crippen molar-refractivity contribution < 1.29 is 13.6 Å². The fourth-order valence-corrected chi connectivity index (χ4v) is 2.51. The lowest BCUT2D eigenvalue weighted by Gasteiger charge is -2.28. The molecule has 1 heterocycles. The molecule has 0 saturated carbocycles. The number of hydrogen-bond acceptors (Lipinski definition) is 2. The van der Waals surface area contributed by atoms with E-state index in [1.807, 2.05) is 0 Å². The van der Waals surface area contributed by atoms with Crippen molar-refractivity contribution in [3.8, 4) is 0 Å². The van der Waals surface area contributed by atoms with Crippen molar-refractivity contribution in [3.05, 3.63) is 89.4 Å². The monoisotopic (exact) mass is 297 g/mol. The van der Waals surface area contributed by atoms with Crippen LogP contribution in [0.25, 0.3) is 5.57 Å². The number of benzene rings is 2. The molecular weight excluding hydrogens is 284 g/mol. The lowest BCUT2D eigenvalue weighted by Crippen LogP contribution is -2.35. The van der Waals surface area contributed by atoms with Crippen molar-refractivity contribution in [1.82, 2.24) is 5.32 Å². The highest BCUT2D eigenvalue weighted by Gasteiger charge is 2.33. The van der Waals surface area contributed by atoms with Gasteiger partial charge in [-0.3, -0.25) is 4.79 Å². The molecule has 0 aliphatic carbocycles. The number of allylic oxidation sites excluding steroid dienone is 2. The van der Waals surface area contributed by atoms with E-state index < -0.39 is 11.6 Å². The molecule has 2 aromatic rings. The zero-order chi connectivity index (χ0) is 15.6. The van der Waals surface area contributed by atoms with Gasteiger partial charge in [-0.05, 0) is 23.8 Å². The van der Waals surface area contributed by atoms with Gasteiger partial charge in [-0.2, -0.15) is 0 Å². The summed E-state index contributed by atoms with van der Waals surface area (Å²) < 4.78 is 29.2. The summed E-state index contributed by atoms with van der Waals surface area (Å²) in [5.74, 6) is -2.49. The highest BCUT2D eigenvalue weighted by molar-refractivity contribution is 5.80. The number of nitrogens with one attached hydrogen (secondary N) is 1. The Kier molecular flexibility index (Phi) is 3.59. The third kappa shape index (κ3) is 2.44. The quantitative estimate of drug-likeness (QED) is 0.686. The summed E-state index contributed by atoms with van der Waals surface area (Å²) in [4.78, 5) is 11.1. The van der Waals surface area contributed by atoms with Crippen molar-refractivity contribution in [1.29, 1.82) is 0 Å². The Hall–Kier alpha value is -2.75. The van der Waals surface area contributed by atoms with Gasteiger partial charge in [-0.15, -0.1) is 0 Å². The minimum absolute atomic E-state index is 0.197. The van der Waals surface area contributed by atoms with Crippen LogP contribution in [0.5, 0.6) is 0 Å². The smallest absolute Gasteiger partial charge is 0.226 e. The zero-order valence-corrected chi connectivity index (χ0v) is 11.6. The Morgan fingerprint density at radius 2 is 1.77 bits per heavy atom. The summed E-state index contributed by atoms with van der Waals surface area (Å²) in [6, 6.07) is 12.6. The first-order valence-corrected chi connectivity index (χ1v) is 6.80. The summed E-state index contributed by atoms with van der Waals surface area (Å²) in [5, 5.41) is 2.60. The van der Waals surface area contributed by atoms with Gasteiger partial charge < -0.3 is 5.32 Å². The zero-order valence-electron chi connectivity index (χ0n) is 11.6. The van der Waals surface area contributed by atoms with E-state index >= 15 is 4.39 Å². The Morgan fingerprint density at radius 1 is 1.05 bits per heavy atom. The molecule has 2 nitrogen and oxygen atoms in total. The van der Waals surface area contributed by atoms with Gasteiger partial charge in [0.1, 0.15) is 5.82 Å². The van der Waals surface area contributed by atoms with Gasteiger partial charge in [0, 0.05) is 22.9 Å². The first-order valence-electron chi connectivity index (χ1n) is 6.80. The minimum Gasteiger partial charge on any atom is -0.353 e. The van der Waals surface area contributed by atoms with Crippen LogP contribution in [0.2, 0.25) is 0 Å². The summed E-state index contributed by atoms with van der Waals surface area (Å²) in [6.07, 6.45) is 4.91. The normalized spacial score (nSPS) is 20.2. The van der Waals surface area contributed by atoms with Crippen LogP contribution < -0.4 is 5.32 Å². The molecule has 110 valence electrons. The standard InChI is InChI=1S/C18H13F2NO/c19-17-8-4-2-6-15(17)13-9-10-21-18(20,11-13)16-7-3-1-5-14(16)12-22/h1-12,21H. The molecule has 4 heteroatoms. The number of dihydropyridines is 1. The summed E-state index contributed by atoms with van der Waals surface area (Å²) in [5.41, 5.74) is 1.17. The molecule has 0 amide bonds. The number of hydrogen-bond donors (Lipinski definition) is 1. The highest BCUT2D eigenvalue weighted by Crippen LogP contribution is 2.34. The summed E-state index contributed by atoms with van der Waals surface area (Å²) >= 11 is 0. The highest BCUT2D eigenvalue weighted by atomic mass is 19.1. The third-order valence-corrected chi connectivity index (χ3v) is 3.58. The van der Waals surface area contributed by atoms with E-state index in [0.717, 1.165) is 0 Å². The fraction of sp³-hybridized carbons (Fsp3) is 0.0556. The number of halogens is 2. The Balaban J connectivity index is 2.11. The van der Waals surface area contributed by atoms with Crippen LogP contribution >= 0.6 is 0 Å². The van der Waals surface area contributed by atoms with Gasteiger partial charge in [-0.25, -0.2) is 8.78 Å². The number of aldehydes is 1. The van der Waals surface area contributed by atoms with Crippen molar-refractivity contribution in [2.75, 3.05) is 0 Å². The molecule has 0 fully saturated rings. The SMILES string of the molecule is O=Cc1ccccc1C1(F)C=C(c2ccccc2F)C=CN1. The van der Waals surface area contributed by atoms with Crippen LogP contribution in [-0.4, -0.2) is 6.29 Å². The summed E-state index contributed by atoms with van der Waals surface area (Å²) in [6.45, 7) is 0. The van der Waals surface area contributed by atoms with Gasteiger partial charge in [0.2, 0.25) is 5.79 Å². The second kappa shape index (κ2) is 5.56. The molecule has 1 aliphatic heterocycles. The molecule has 0 bridgehead atoms. The van der Waals surface area contributed by atoms with E-state index in [1.54, 1.807) is 42.5 Å². The Labute approximate surface area is 126 Å². The van der Waals surface area contributed by atoms with Gasteiger partial charge in [0.15, 0.2) is 6.29 Å². The molecule has 1 atom stereocenters. The van der Waals surface area contributed by atoms with E-state index in [2.05, 4.69) is 5.32 Å². The number of alkyl halides is 1. The molecule has 3 rings (SSSR count). The molecule has 1 aliphatic rings. The average Bonchev–Trinajstić information content (AvgIpc) is 2.55. The van der Waals surface area contributed by atoms with Crippen LogP contribution in [0.3, 0.4) is 0 Å². The average molecular weight is 297 g/mol. The first-order chi connectivity index (χ1) is 10.6. The molecule has 1 N–H and O–H groups in total. The predicted molar refractivity (Wildman–Crippen MR) is 81.3 cm³/mol. The number of rotatable bonds is 3. The van der Waals surface area contributed by atoms with Crippen molar-refractivity contribution in [2.24, 2.45) is 0 Å². The molecular formula is C18H13F2NO. The second-order valence-electron chi connectivity index (χ2n) is 4.97. The maximum absolute atomic E-state index is 15.3. The van der Waals surface area contributed by atoms with Crippen LogP contribution in [0.15, 0.2) is 66.9 Å². The molecule has 0 saturated heterocycles. The second-order valence-corrected chi connectivity index (χ2v) is 4.97. The molecule has 0 aromatic heterocycles. The van der Waals surface area contributed by atoms with Gasteiger partial charge >= 0.3 is 0 Å². The first kappa shape index (κ1) is 14.2. The Bertz CT molecular complexity index is 782. The Morgan fingerprint density at radius 3 is 2.55 bits per heavy atom. The van der Waals surface area contributed by atoms with E-state index in [1.165, 1.54) is 24.4 Å². The molecule has 0 spiro atoms. The van der Waals surface area contributed by atoms with Gasteiger partial charge in [-0.1, -0.05) is 42.5 Å². The van der Waals surface area contributed by atoms with E-state index in [4.69, 9.17) is 0 Å².